The Balaban J connectivity index is 1.97. The van der Waals surface area contributed by atoms with Crippen LogP contribution in [0.15, 0.2) is 18.2 Å². The van der Waals surface area contributed by atoms with Gasteiger partial charge in [-0.05, 0) is 57.1 Å². The number of benzene rings is 1. The Morgan fingerprint density at radius 3 is 2.79 bits per heavy atom. The van der Waals surface area contributed by atoms with Crippen LogP contribution in [0, 0.1) is 5.92 Å². The topological polar surface area (TPSA) is 41.3 Å². The maximum Gasteiger partial charge on any atom is 0.106 e. The van der Waals surface area contributed by atoms with E-state index in [-0.39, 0.29) is 0 Å². The van der Waals surface area contributed by atoms with Crippen LogP contribution in [0.25, 0.3) is 0 Å². The number of likely N-dealkylation sites (tertiary alicyclic amines) is 1. The number of thiocarbonyl (C=S) groups is 1. The van der Waals surface area contributed by atoms with Crippen molar-refractivity contribution >= 4 is 34.5 Å². The Hall–Kier alpha value is -0.840. The fourth-order valence-corrected chi connectivity index (χ4v) is 2.74. The van der Waals surface area contributed by atoms with Gasteiger partial charge in [0.15, 0.2) is 0 Å². The van der Waals surface area contributed by atoms with Gasteiger partial charge in [-0.25, -0.2) is 0 Å². The van der Waals surface area contributed by atoms with Gasteiger partial charge >= 0.3 is 0 Å². The van der Waals surface area contributed by atoms with Crippen molar-refractivity contribution in [3.05, 3.63) is 28.8 Å². The summed E-state index contributed by atoms with van der Waals surface area (Å²) in [7, 11) is 2.17. The third kappa shape index (κ3) is 4.06. The highest BCUT2D eigenvalue weighted by atomic mass is 35.5. The van der Waals surface area contributed by atoms with E-state index < -0.39 is 0 Å². The summed E-state index contributed by atoms with van der Waals surface area (Å²) in [6.07, 6.45) is 2.47. The molecule has 0 aromatic heterocycles. The second kappa shape index (κ2) is 6.55. The molecule has 104 valence electrons. The molecule has 0 amide bonds. The monoisotopic (exact) mass is 297 g/mol. The van der Waals surface area contributed by atoms with E-state index in [1.54, 1.807) is 0 Å². The van der Waals surface area contributed by atoms with E-state index in [0.717, 1.165) is 17.8 Å². The van der Waals surface area contributed by atoms with Crippen molar-refractivity contribution in [1.82, 2.24) is 4.90 Å². The summed E-state index contributed by atoms with van der Waals surface area (Å²) >= 11 is 11.0. The van der Waals surface area contributed by atoms with E-state index in [1.165, 1.54) is 25.9 Å². The van der Waals surface area contributed by atoms with Crippen LogP contribution in [-0.4, -0.2) is 36.6 Å². The van der Waals surface area contributed by atoms with Gasteiger partial charge in [0, 0.05) is 22.8 Å². The highest BCUT2D eigenvalue weighted by molar-refractivity contribution is 7.80. The molecule has 1 aliphatic rings. The lowest BCUT2D eigenvalue weighted by molar-refractivity contribution is 0.226. The highest BCUT2D eigenvalue weighted by Crippen LogP contribution is 2.22. The number of rotatable bonds is 4. The largest absolute Gasteiger partial charge is 0.389 e. The average Bonchev–Trinajstić information content (AvgIpc) is 2.39. The summed E-state index contributed by atoms with van der Waals surface area (Å²) < 4.78 is 0. The van der Waals surface area contributed by atoms with Crippen LogP contribution in [0.3, 0.4) is 0 Å². The zero-order valence-electron chi connectivity index (χ0n) is 11.2. The molecule has 1 aromatic rings. The number of nitrogens with zero attached hydrogens (tertiary/aromatic N) is 1. The SMILES string of the molecule is CN1CCC(CNc2ccc(Cl)cc2C(N)=S)CC1. The Morgan fingerprint density at radius 1 is 1.47 bits per heavy atom. The average molecular weight is 298 g/mol. The van der Waals surface area contributed by atoms with Crippen LogP contribution >= 0.6 is 23.8 Å². The van der Waals surface area contributed by atoms with E-state index >= 15 is 0 Å². The summed E-state index contributed by atoms with van der Waals surface area (Å²) in [6, 6.07) is 5.63. The van der Waals surface area contributed by atoms with Gasteiger partial charge in [-0.15, -0.1) is 0 Å². The molecule has 1 aliphatic heterocycles. The summed E-state index contributed by atoms with van der Waals surface area (Å²) in [5.74, 6) is 0.714. The first kappa shape index (κ1) is 14.6. The van der Waals surface area contributed by atoms with Gasteiger partial charge < -0.3 is 16.0 Å². The van der Waals surface area contributed by atoms with Gasteiger partial charge in [-0.3, -0.25) is 0 Å². The lowest BCUT2D eigenvalue weighted by Gasteiger charge is -2.29. The van der Waals surface area contributed by atoms with Crippen molar-refractivity contribution in [2.45, 2.75) is 12.8 Å². The quantitative estimate of drug-likeness (QED) is 0.839. The number of hydrogen-bond donors (Lipinski definition) is 2. The third-order valence-electron chi connectivity index (χ3n) is 3.67. The van der Waals surface area contributed by atoms with Crippen molar-refractivity contribution in [1.29, 1.82) is 0 Å². The first-order chi connectivity index (χ1) is 9.06. The van der Waals surface area contributed by atoms with E-state index in [9.17, 15) is 0 Å². The molecule has 0 aliphatic carbocycles. The zero-order chi connectivity index (χ0) is 13.8. The molecule has 0 bridgehead atoms. The standard InChI is InChI=1S/C14H20ClN3S/c1-18-6-4-10(5-7-18)9-17-13-3-2-11(15)8-12(13)14(16)19/h2-3,8,10,17H,4-7,9H2,1H3,(H2,16,19). The summed E-state index contributed by atoms with van der Waals surface area (Å²) in [4.78, 5) is 2.76. The van der Waals surface area contributed by atoms with Crippen LogP contribution in [0.4, 0.5) is 5.69 Å². The second-order valence-electron chi connectivity index (χ2n) is 5.18. The molecule has 0 atom stereocenters. The molecule has 0 unspecified atom stereocenters. The smallest absolute Gasteiger partial charge is 0.106 e. The van der Waals surface area contributed by atoms with Gasteiger partial charge in [0.2, 0.25) is 0 Å². The number of piperidine rings is 1. The first-order valence-electron chi connectivity index (χ1n) is 6.58. The van der Waals surface area contributed by atoms with E-state index in [4.69, 9.17) is 29.6 Å². The fraction of sp³-hybridized carbons (Fsp3) is 0.500. The van der Waals surface area contributed by atoms with Gasteiger partial charge in [0.05, 0.1) is 0 Å². The van der Waals surface area contributed by atoms with Crippen molar-refractivity contribution in [2.75, 3.05) is 32.0 Å². The van der Waals surface area contributed by atoms with Crippen molar-refractivity contribution in [3.63, 3.8) is 0 Å². The lowest BCUT2D eigenvalue weighted by atomic mass is 9.97. The van der Waals surface area contributed by atoms with Gasteiger partial charge in [0.25, 0.3) is 0 Å². The molecule has 2 rings (SSSR count). The lowest BCUT2D eigenvalue weighted by Crippen LogP contribution is -2.33. The number of halogens is 1. The Labute approximate surface area is 125 Å². The summed E-state index contributed by atoms with van der Waals surface area (Å²) in [5, 5.41) is 4.12. The van der Waals surface area contributed by atoms with Gasteiger partial charge in [-0.2, -0.15) is 0 Å². The van der Waals surface area contributed by atoms with Crippen molar-refractivity contribution < 1.29 is 0 Å². The van der Waals surface area contributed by atoms with Crippen LogP contribution < -0.4 is 11.1 Å². The number of hydrogen-bond acceptors (Lipinski definition) is 3. The molecule has 0 spiro atoms. The molecular weight excluding hydrogens is 278 g/mol. The Kier molecular flexibility index (Phi) is 5.02. The second-order valence-corrected chi connectivity index (χ2v) is 6.06. The van der Waals surface area contributed by atoms with E-state index in [1.807, 2.05) is 18.2 Å². The van der Waals surface area contributed by atoms with E-state index in [2.05, 4.69) is 17.3 Å². The minimum atomic E-state index is 0.383. The molecule has 1 aromatic carbocycles. The molecule has 3 N–H and O–H groups in total. The van der Waals surface area contributed by atoms with Crippen molar-refractivity contribution in [3.8, 4) is 0 Å². The molecule has 1 fully saturated rings. The normalized spacial score (nSPS) is 17.4. The number of anilines is 1. The van der Waals surface area contributed by atoms with Gasteiger partial charge in [0.1, 0.15) is 4.99 Å². The predicted octanol–water partition coefficient (Wildman–Crippen LogP) is 2.73. The van der Waals surface area contributed by atoms with Crippen LogP contribution in [0.1, 0.15) is 18.4 Å². The molecule has 5 heteroatoms. The third-order valence-corrected chi connectivity index (χ3v) is 4.12. The maximum atomic E-state index is 5.98. The van der Waals surface area contributed by atoms with E-state index in [0.29, 0.717) is 15.9 Å². The van der Waals surface area contributed by atoms with Crippen LogP contribution in [0.2, 0.25) is 5.02 Å². The maximum absolute atomic E-state index is 5.98. The highest BCUT2D eigenvalue weighted by Gasteiger charge is 2.16. The van der Waals surface area contributed by atoms with Crippen molar-refractivity contribution in [2.24, 2.45) is 11.7 Å². The minimum absolute atomic E-state index is 0.383. The Bertz CT molecular complexity index is 456. The Morgan fingerprint density at radius 2 is 2.16 bits per heavy atom. The molecule has 19 heavy (non-hydrogen) atoms. The molecule has 0 radical (unpaired) electrons. The van der Waals surface area contributed by atoms with Crippen LogP contribution in [-0.2, 0) is 0 Å². The minimum Gasteiger partial charge on any atom is -0.389 e. The number of nitrogens with one attached hydrogen (secondary N) is 1. The fourth-order valence-electron chi connectivity index (χ4n) is 2.39. The molecule has 1 saturated heterocycles. The first-order valence-corrected chi connectivity index (χ1v) is 7.36. The number of nitrogens with two attached hydrogens (primary N) is 1. The molecule has 1 heterocycles. The zero-order valence-corrected chi connectivity index (χ0v) is 12.7. The summed E-state index contributed by atoms with van der Waals surface area (Å²) in [6.45, 7) is 3.31. The molecule has 3 nitrogen and oxygen atoms in total. The molecular formula is C14H20ClN3S. The predicted molar refractivity (Wildman–Crippen MR) is 86.1 cm³/mol. The molecule has 0 saturated carbocycles. The summed E-state index contributed by atoms with van der Waals surface area (Å²) in [5.41, 5.74) is 7.55. The van der Waals surface area contributed by atoms with Crippen LogP contribution in [0.5, 0.6) is 0 Å². The van der Waals surface area contributed by atoms with Gasteiger partial charge in [-0.1, -0.05) is 23.8 Å².